The Bertz CT molecular complexity index is 865. The predicted octanol–water partition coefficient (Wildman–Crippen LogP) is 4.39. The highest BCUT2D eigenvalue weighted by Crippen LogP contribution is 2.29. The number of pyridine rings is 1. The lowest BCUT2D eigenvalue weighted by Gasteiger charge is -2.18. The van der Waals surface area contributed by atoms with Gasteiger partial charge in [0.05, 0.1) is 0 Å². The summed E-state index contributed by atoms with van der Waals surface area (Å²) in [4.78, 5) is 16.6. The number of furan rings is 1. The van der Waals surface area contributed by atoms with Crippen molar-refractivity contribution in [2.75, 3.05) is 0 Å². The second-order valence-corrected chi connectivity index (χ2v) is 6.44. The van der Waals surface area contributed by atoms with E-state index in [-0.39, 0.29) is 11.9 Å². The third-order valence-electron chi connectivity index (χ3n) is 4.63. The third-order valence-corrected chi connectivity index (χ3v) is 4.63. The van der Waals surface area contributed by atoms with Crippen LogP contribution >= 0.6 is 0 Å². The normalized spacial score (nSPS) is 17.7. The van der Waals surface area contributed by atoms with E-state index in [1.54, 1.807) is 12.4 Å². The molecule has 0 bridgehead atoms. The Morgan fingerprint density at radius 1 is 1.24 bits per heavy atom. The van der Waals surface area contributed by atoms with Gasteiger partial charge in [0.2, 0.25) is 5.91 Å². The molecule has 2 atom stereocenters. The molecule has 2 heterocycles. The van der Waals surface area contributed by atoms with Gasteiger partial charge in [-0.3, -0.25) is 9.78 Å². The largest absolute Gasteiger partial charge is 0.459 e. The quantitative estimate of drug-likeness (QED) is 0.705. The van der Waals surface area contributed by atoms with Gasteiger partial charge in [0, 0.05) is 24.2 Å². The van der Waals surface area contributed by atoms with Crippen LogP contribution in [0, 0.1) is 5.92 Å². The summed E-state index contributed by atoms with van der Waals surface area (Å²) in [6.45, 7) is 0. The van der Waals surface area contributed by atoms with E-state index in [4.69, 9.17) is 4.42 Å². The summed E-state index contributed by atoms with van der Waals surface area (Å²) in [5.41, 5.74) is 1.79. The van der Waals surface area contributed by atoms with Crippen LogP contribution in [0.2, 0.25) is 0 Å². The minimum atomic E-state index is -0.312. The number of carbonyl (C=O) groups excluding carboxylic acids is 1. The molecule has 1 amide bonds. The van der Waals surface area contributed by atoms with E-state index >= 15 is 0 Å². The topological polar surface area (TPSA) is 55.1 Å². The molecule has 0 radical (unpaired) electrons. The zero-order chi connectivity index (χ0) is 17.1. The lowest BCUT2D eigenvalue weighted by molar-refractivity contribution is -0.122. The average molecular weight is 332 g/mol. The summed E-state index contributed by atoms with van der Waals surface area (Å²) in [5, 5.41) is 4.18. The average Bonchev–Trinajstić information content (AvgIpc) is 3.29. The summed E-state index contributed by atoms with van der Waals surface area (Å²) < 4.78 is 6.01. The number of para-hydroxylation sites is 1. The first-order valence-electron chi connectivity index (χ1n) is 8.64. The van der Waals surface area contributed by atoms with Gasteiger partial charge in [-0.2, -0.15) is 0 Å². The van der Waals surface area contributed by atoms with Crippen molar-refractivity contribution in [3.8, 4) is 0 Å². The van der Waals surface area contributed by atoms with Crippen molar-refractivity contribution in [1.29, 1.82) is 0 Å². The number of nitrogens with one attached hydrogen (secondary N) is 1. The highest BCUT2D eigenvalue weighted by atomic mass is 16.3. The minimum absolute atomic E-state index is 0.0406. The van der Waals surface area contributed by atoms with Crippen LogP contribution in [0.15, 0.2) is 71.4 Å². The molecule has 0 saturated heterocycles. The molecule has 1 aliphatic carbocycles. The summed E-state index contributed by atoms with van der Waals surface area (Å²) in [6.07, 6.45) is 10.4. The van der Waals surface area contributed by atoms with E-state index in [1.807, 2.05) is 42.5 Å². The molecule has 1 aliphatic rings. The van der Waals surface area contributed by atoms with Gasteiger partial charge in [-0.05, 0) is 48.6 Å². The van der Waals surface area contributed by atoms with Crippen molar-refractivity contribution in [2.24, 2.45) is 5.92 Å². The van der Waals surface area contributed by atoms with Crippen LogP contribution in [0.4, 0.5) is 0 Å². The summed E-state index contributed by atoms with van der Waals surface area (Å²) in [5.74, 6) is 1.12. The van der Waals surface area contributed by atoms with Gasteiger partial charge in [-0.1, -0.05) is 30.4 Å². The predicted molar refractivity (Wildman–Crippen MR) is 96.9 cm³/mol. The van der Waals surface area contributed by atoms with Gasteiger partial charge in [0.1, 0.15) is 17.4 Å². The van der Waals surface area contributed by atoms with Crippen molar-refractivity contribution in [1.82, 2.24) is 10.3 Å². The summed E-state index contributed by atoms with van der Waals surface area (Å²) in [7, 11) is 0. The highest BCUT2D eigenvalue weighted by molar-refractivity contribution is 5.80. The second kappa shape index (κ2) is 6.93. The van der Waals surface area contributed by atoms with Crippen LogP contribution in [0.5, 0.6) is 0 Å². The Morgan fingerprint density at radius 2 is 2.08 bits per heavy atom. The van der Waals surface area contributed by atoms with Crippen LogP contribution in [-0.4, -0.2) is 10.9 Å². The molecule has 1 aromatic carbocycles. The van der Waals surface area contributed by atoms with Crippen molar-refractivity contribution >= 4 is 16.9 Å². The Kier molecular flexibility index (Phi) is 4.34. The molecule has 1 N–H and O–H groups in total. The maximum absolute atomic E-state index is 12.6. The molecular formula is C21H20N2O2. The van der Waals surface area contributed by atoms with Crippen molar-refractivity contribution in [2.45, 2.75) is 25.3 Å². The third kappa shape index (κ3) is 3.48. The van der Waals surface area contributed by atoms with E-state index < -0.39 is 0 Å². The Hall–Kier alpha value is -2.88. The monoisotopic (exact) mass is 332 g/mol. The molecule has 3 aromatic rings. The smallest absolute Gasteiger partial charge is 0.221 e. The molecule has 4 rings (SSSR count). The Labute approximate surface area is 146 Å². The van der Waals surface area contributed by atoms with Crippen LogP contribution in [0.3, 0.4) is 0 Å². The first kappa shape index (κ1) is 15.6. The van der Waals surface area contributed by atoms with E-state index in [0.29, 0.717) is 12.3 Å². The molecule has 0 spiro atoms. The van der Waals surface area contributed by atoms with E-state index in [0.717, 1.165) is 35.1 Å². The first-order valence-corrected chi connectivity index (χ1v) is 8.64. The van der Waals surface area contributed by atoms with Crippen LogP contribution < -0.4 is 5.32 Å². The molecule has 0 aliphatic heterocycles. The molecule has 2 aromatic heterocycles. The van der Waals surface area contributed by atoms with Crippen molar-refractivity contribution < 1.29 is 9.21 Å². The molecule has 0 fully saturated rings. The molecule has 0 unspecified atom stereocenters. The number of fused-ring (bicyclic) bond motifs is 1. The molecule has 4 heteroatoms. The summed E-state index contributed by atoms with van der Waals surface area (Å²) >= 11 is 0. The fraction of sp³-hybridized carbons (Fsp3) is 0.238. The zero-order valence-electron chi connectivity index (χ0n) is 13.9. The number of hydrogen-bond donors (Lipinski definition) is 1. The minimum Gasteiger partial charge on any atom is -0.459 e. The summed E-state index contributed by atoms with van der Waals surface area (Å²) in [6, 6.07) is 13.4. The number of carbonyl (C=O) groups is 1. The number of benzene rings is 1. The molecular weight excluding hydrogens is 312 g/mol. The maximum Gasteiger partial charge on any atom is 0.221 e. The van der Waals surface area contributed by atoms with Crippen LogP contribution in [0.1, 0.15) is 36.6 Å². The van der Waals surface area contributed by atoms with Gasteiger partial charge in [0.15, 0.2) is 0 Å². The van der Waals surface area contributed by atoms with E-state index in [9.17, 15) is 4.79 Å². The zero-order valence-corrected chi connectivity index (χ0v) is 13.9. The van der Waals surface area contributed by atoms with Gasteiger partial charge in [0.25, 0.3) is 0 Å². The second-order valence-electron chi connectivity index (χ2n) is 6.44. The van der Waals surface area contributed by atoms with Crippen LogP contribution in [-0.2, 0) is 4.79 Å². The van der Waals surface area contributed by atoms with Crippen molar-refractivity contribution in [3.63, 3.8) is 0 Å². The van der Waals surface area contributed by atoms with E-state index in [1.165, 1.54) is 0 Å². The Morgan fingerprint density at radius 3 is 2.84 bits per heavy atom. The van der Waals surface area contributed by atoms with Crippen molar-refractivity contribution in [3.05, 3.63) is 78.3 Å². The SMILES string of the molecule is O=C(C[C@@H]1C=CCC1)N[C@H](c1ccncc1)c1cc2ccccc2o1. The first-order chi connectivity index (χ1) is 12.3. The molecule has 25 heavy (non-hydrogen) atoms. The molecule has 4 nitrogen and oxygen atoms in total. The highest BCUT2D eigenvalue weighted by Gasteiger charge is 2.22. The fourth-order valence-electron chi connectivity index (χ4n) is 3.34. The van der Waals surface area contributed by atoms with Crippen LogP contribution in [0.25, 0.3) is 11.0 Å². The van der Waals surface area contributed by atoms with E-state index in [2.05, 4.69) is 22.5 Å². The van der Waals surface area contributed by atoms with Gasteiger partial charge >= 0.3 is 0 Å². The lowest BCUT2D eigenvalue weighted by Crippen LogP contribution is -2.30. The lowest BCUT2D eigenvalue weighted by atomic mass is 10.0. The molecule has 126 valence electrons. The number of allylic oxidation sites excluding steroid dienone is 2. The standard InChI is InChI=1S/C21H20N2O2/c24-20(13-15-5-1-2-6-15)23-21(16-9-11-22-12-10-16)19-14-17-7-3-4-8-18(17)25-19/h1,3-5,7-12,14-15,21H,2,6,13H2,(H,23,24)/t15-,21-/m1/s1. The number of rotatable bonds is 5. The number of amides is 1. The number of hydrogen-bond acceptors (Lipinski definition) is 3. The van der Waals surface area contributed by atoms with Gasteiger partial charge in [-0.15, -0.1) is 0 Å². The number of aromatic nitrogens is 1. The van der Waals surface area contributed by atoms with Gasteiger partial charge in [-0.25, -0.2) is 0 Å². The number of nitrogens with zero attached hydrogens (tertiary/aromatic N) is 1. The fourth-order valence-corrected chi connectivity index (χ4v) is 3.34. The molecule has 0 saturated carbocycles. The van der Waals surface area contributed by atoms with Gasteiger partial charge < -0.3 is 9.73 Å². The Balaban J connectivity index is 1.62. The maximum atomic E-state index is 12.6.